The maximum absolute atomic E-state index is 5.46. The Balaban J connectivity index is 2.87. The average molecular weight is 238 g/mol. The van der Waals surface area contributed by atoms with Crippen molar-refractivity contribution in [3.8, 4) is 0 Å². The van der Waals surface area contributed by atoms with Gasteiger partial charge in [0.05, 0.1) is 19.8 Å². The van der Waals surface area contributed by atoms with Crippen LogP contribution in [0.2, 0.25) is 0 Å². The third-order valence-corrected chi connectivity index (χ3v) is 2.06. The van der Waals surface area contributed by atoms with Crippen LogP contribution in [0, 0.1) is 5.92 Å². The van der Waals surface area contributed by atoms with E-state index in [0.717, 1.165) is 45.2 Å². The van der Waals surface area contributed by atoms with Crippen LogP contribution in [0.5, 0.6) is 0 Å². The second-order valence-electron chi connectivity index (χ2n) is 3.85. The highest BCUT2D eigenvalue weighted by Gasteiger charge is 1.93. The van der Waals surface area contributed by atoms with Crippen molar-refractivity contribution in [2.24, 2.45) is 5.92 Å². The molecular formula is C11H24ClNO2. The monoisotopic (exact) mass is 237 g/mol. The summed E-state index contributed by atoms with van der Waals surface area (Å²) in [5.74, 6) is 1.29. The van der Waals surface area contributed by atoms with Crippen LogP contribution in [0.25, 0.3) is 0 Å². The summed E-state index contributed by atoms with van der Waals surface area (Å²) in [5.41, 5.74) is 0. The topological polar surface area (TPSA) is 30.5 Å². The summed E-state index contributed by atoms with van der Waals surface area (Å²) in [5, 5.41) is 3.24. The predicted molar refractivity (Wildman–Crippen MR) is 64.7 cm³/mol. The smallest absolute Gasteiger partial charge is 0.0602 e. The van der Waals surface area contributed by atoms with Gasteiger partial charge in [0.1, 0.15) is 0 Å². The molecule has 0 aromatic rings. The number of rotatable bonds is 11. The van der Waals surface area contributed by atoms with Gasteiger partial charge >= 0.3 is 0 Å². The normalized spacial score (nSPS) is 11.2. The Hall–Kier alpha value is 0.170. The van der Waals surface area contributed by atoms with E-state index in [9.17, 15) is 0 Å². The van der Waals surface area contributed by atoms with Crippen LogP contribution < -0.4 is 5.32 Å². The van der Waals surface area contributed by atoms with E-state index in [4.69, 9.17) is 21.1 Å². The Kier molecular flexibility index (Phi) is 12.4. The van der Waals surface area contributed by atoms with Crippen LogP contribution >= 0.6 is 11.6 Å². The molecule has 1 N–H and O–H groups in total. The van der Waals surface area contributed by atoms with Gasteiger partial charge in [0.15, 0.2) is 0 Å². The van der Waals surface area contributed by atoms with Crippen LogP contribution in [0.1, 0.15) is 20.3 Å². The molecule has 0 bridgehead atoms. The maximum atomic E-state index is 5.46. The van der Waals surface area contributed by atoms with E-state index in [1.165, 1.54) is 0 Å². The lowest BCUT2D eigenvalue weighted by molar-refractivity contribution is 0.119. The first-order valence-electron chi connectivity index (χ1n) is 5.69. The molecule has 0 saturated heterocycles. The maximum Gasteiger partial charge on any atom is 0.0602 e. The largest absolute Gasteiger partial charge is 0.380 e. The molecule has 0 spiro atoms. The number of nitrogens with one attached hydrogen (secondary N) is 1. The molecule has 0 rings (SSSR count). The Labute approximate surface area is 98.5 Å². The van der Waals surface area contributed by atoms with Crippen molar-refractivity contribution in [2.45, 2.75) is 20.3 Å². The van der Waals surface area contributed by atoms with E-state index in [2.05, 4.69) is 19.2 Å². The molecule has 0 aliphatic heterocycles. The first kappa shape index (κ1) is 15.2. The minimum Gasteiger partial charge on any atom is -0.380 e. The highest BCUT2D eigenvalue weighted by Crippen LogP contribution is 1.97. The number of alkyl halides is 1. The second kappa shape index (κ2) is 12.2. The Morgan fingerprint density at radius 2 is 1.60 bits per heavy atom. The second-order valence-corrected chi connectivity index (χ2v) is 4.22. The van der Waals surface area contributed by atoms with E-state index >= 15 is 0 Å². The summed E-state index contributed by atoms with van der Waals surface area (Å²) in [6.07, 6.45) is 1.14. The summed E-state index contributed by atoms with van der Waals surface area (Å²) in [6.45, 7) is 9.16. The predicted octanol–water partition coefficient (Wildman–Crippen LogP) is 1.89. The van der Waals surface area contributed by atoms with Crippen LogP contribution in [-0.2, 0) is 9.47 Å². The fraction of sp³-hybridized carbons (Fsp3) is 1.00. The van der Waals surface area contributed by atoms with Crippen LogP contribution in [0.3, 0.4) is 0 Å². The molecule has 0 fully saturated rings. The van der Waals surface area contributed by atoms with Crippen molar-refractivity contribution in [3.05, 3.63) is 0 Å². The molecule has 0 aromatic carbocycles. The molecular weight excluding hydrogens is 214 g/mol. The van der Waals surface area contributed by atoms with Gasteiger partial charge in [0, 0.05) is 25.6 Å². The highest BCUT2D eigenvalue weighted by atomic mass is 35.5. The first-order chi connectivity index (χ1) is 7.27. The quantitative estimate of drug-likeness (QED) is 0.440. The summed E-state index contributed by atoms with van der Waals surface area (Å²) >= 11 is 5.46. The van der Waals surface area contributed by atoms with Gasteiger partial charge in [-0.2, -0.15) is 0 Å². The van der Waals surface area contributed by atoms with Gasteiger partial charge in [-0.15, -0.1) is 11.6 Å². The van der Waals surface area contributed by atoms with Gasteiger partial charge in [-0.1, -0.05) is 13.8 Å². The SMILES string of the molecule is CC(C)CCOCCNCCOCCCl. The van der Waals surface area contributed by atoms with E-state index < -0.39 is 0 Å². The van der Waals surface area contributed by atoms with Crippen molar-refractivity contribution in [1.29, 1.82) is 0 Å². The fourth-order valence-electron chi connectivity index (χ4n) is 0.991. The van der Waals surface area contributed by atoms with Gasteiger partial charge < -0.3 is 14.8 Å². The molecule has 0 saturated carbocycles. The molecule has 3 nitrogen and oxygen atoms in total. The van der Waals surface area contributed by atoms with Gasteiger partial charge in [-0.05, 0) is 12.3 Å². The molecule has 4 heteroatoms. The van der Waals surface area contributed by atoms with Crippen LogP contribution in [0.15, 0.2) is 0 Å². The third kappa shape index (κ3) is 14.2. The Morgan fingerprint density at radius 3 is 2.13 bits per heavy atom. The summed E-state index contributed by atoms with van der Waals surface area (Å²) < 4.78 is 10.7. The highest BCUT2D eigenvalue weighted by molar-refractivity contribution is 6.17. The van der Waals surface area contributed by atoms with Crippen LogP contribution in [0.4, 0.5) is 0 Å². The van der Waals surface area contributed by atoms with E-state index in [-0.39, 0.29) is 0 Å². The summed E-state index contributed by atoms with van der Waals surface area (Å²) in [7, 11) is 0. The number of halogens is 1. The van der Waals surface area contributed by atoms with Gasteiger partial charge in [0.2, 0.25) is 0 Å². The number of hydrogen-bond donors (Lipinski definition) is 1. The molecule has 0 atom stereocenters. The molecule has 0 radical (unpaired) electrons. The number of ether oxygens (including phenoxy) is 2. The van der Waals surface area contributed by atoms with E-state index in [1.807, 2.05) is 0 Å². The van der Waals surface area contributed by atoms with Crippen molar-refractivity contribution in [2.75, 3.05) is 45.4 Å². The molecule has 0 unspecified atom stereocenters. The van der Waals surface area contributed by atoms with Crippen molar-refractivity contribution in [1.82, 2.24) is 5.32 Å². The lowest BCUT2D eigenvalue weighted by atomic mass is 10.1. The summed E-state index contributed by atoms with van der Waals surface area (Å²) in [4.78, 5) is 0. The van der Waals surface area contributed by atoms with Crippen molar-refractivity contribution < 1.29 is 9.47 Å². The van der Waals surface area contributed by atoms with Crippen LogP contribution in [-0.4, -0.2) is 45.4 Å². The van der Waals surface area contributed by atoms with Gasteiger partial charge in [-0.25, -0.2) is 0 Å². The lowest BCUT2D eigenvalue weighted by Crippen LogP contribution is -2.24. The molecule has 0 heterocycles. The standard InChI is InChI=1S/C11H24ClNO2/c1-11(2)3-7-14-9-5-13-6-10-15-8-4-12/h11,13H,3-10H2,1-2H3. The fourth-order valence-corrected chi connectivity index (χ4v) is 1.10. The minimum atomic E-state index is 0.568. The molecule has 0 aromatic heterocycles. The third-order valence-electron chi connectivity index (χ3n) is 1.91. The van der Waals surface area contributed by atoms with Gasteiger partial charge in [0.25, 0.3) is 0 Å². The molecule has 0 aliphatic rings. The average Bonchev–Trinajstić information content (AvgIpc) is 2.20. The summed E-state index contributed by atoms with van der Waals surface area (Å²) in [6, 6.07) is 0. The molecule has 15 heavy (non-hydrogen) atoms. The zero-order valence-corrected chi connectivity index (χ0v) is 10.7. The zero-order valence-electron chi connectivity index (χ0n) is 9.93. The van der Waals surface area contributed by atoms with Crippen molar-refractivity contribution >= 4 is 11.6 Å². The number of hydrogen-bond acceptors (Lipinski definition) is 3. The molecule has 92 valence electrons. The van der Waals surface area contributed by atoms with E-state index in [0.29, 0.717) is 12.5 Å². The van der Waals surface area contributed by atoms with Crippen molar-refractivity contribution in [3.63, 3.8) is 0 Å². The lowest BCUT2D eigenvalue weighted by Gasteiger charge is -2.07. The molecule has 0 amide bonds. The Morgan fingerprint density at radius 1 is 1.00 bits per heavy atom. The molecule has 0 aliphatic carbocycles. The van der Waals surface area contributed by atoms with Gasteiger partial charge in [-0.3, -0.25) is 0 Å². The Bertz CT molecular complexity index is 123. The minimum absolute atomic E-state index is 0.568. The first-order valence-corrected chi connectivity index (χ1v) is 6.23. The van der Waals surface area contributed by atoms with E-state index in [1.54, 1.807) is 0 Å². The zero-order chi connectivity index (χ0) is 11.4.